The molecule has 1 atom stereocenters. The number of carbonyl (C=O) groups is 1. The molecule has 4 nitrogen and oxygen atoms in total. The summed E-state index contributed by atoms with van der Waals surface area (Å²) in [6.45, 7) is 6.23. The van der Waals surface area contributed by atoms with Gasteiger partial charge in [-0.15, -0.1) is 0 Å². The first kappa shape index (κ1) is 16.3. The van der Waals surface area contributed by atoms with Crippen molar-refractivity contribution in [2.45, 2.75) is 45.1 Å². The van der Waals surface area contributed by atoms with Crippen LogP contribution >= 0.6 is 0 Å². The lowest BCUT2D eigenvalue weighted by atomic mass is 9.93. The lowest BCUT2D eigenvalue weighted by Gasteiger charge is -2.31. The Balaban J connectivity index is 1.38. The molecule has 1 aromatic carbocycles. The molecule has 0 unspecified atom stereocenters. The summed E-state index contributed by atoms with van der Waals surface area (Å²) in [5.74, 6) is 1.71. The summed E-state index contributed by atoms with van der Waals surface area (Å²) in [7, 11) is 0. The second-order valence-electron chi connectivity index (χ2n) is 6.77. The van der Waals surface area contributed by atoms with Gasteiger partial charge in [0.2, 0.25) is 5.91 Å². The summed E-state index contributed by atoms with van der Waals surface area (Å²) < 4.78 is 5.98. The van der Waals surface area contributed by atoms with E-state index in [0.717, 1.165) is 51.1 Å². The maximum Gasteiger partial charge on any atom is 0.220 e. The van der Waals surface area contributed by atoms with Crippen molar-refractivity contribution in [3.63, 3.8) is 0 Å². The molecule has 1 N–H and O–H groups in total. The number of likely N-dealkylation sites (tertiary alicyclic amines) is 1. The monoisotopic (exact) mass is 316 g/mol. The van der Waals surface area contributed by atoms with Gasteiger partial charge < -0.3 is 15.0 Å². The largest absolute Gasteiger partial charge is 0.488 e. The van der Waals surface area contributed by atoms with E-state index in [0.29, 0.717) is 18.9 Å². The first-order valence-corrected chi connectivity index (χ1v) is 8.98. The van der Waals surface area contributed by atoms with Crippen LogP contribution in [0, 0.1) is 5.92 Å². The minimum absolute atomic E-state index is 0.107. The number of nitrogens with one attached hydrogen (secondary N) is 1. The molecule has 0 spiro atoms. The zero-order valence-electron chi connectivity index (χ0n) is 14.1. The van der Waals surface area contributed by atoms with E-state index in [4.69, 9.17) is 4.74 Å². The molecular formula is C19H28N2O2. The Bertz CT molecular complexity index is 524. The molecule has 1 fully saturated rings. The second kappa shape index (κ2) is 7.82. The van der Waals surface area contributed by atoms with Gasteiger partial charge in [0.15, 0.2) is 0 Å². The van der Waals surface area contributed by atoms with Crippen LogP contribution < -0.4 is 10.1 Å². The number of para-hydroxylation sites is 1. The highest BCUT2D eigenvalue weighted by atomic mass is 16.5. The summed E-state index contributed by atoms with van der Waals surface area (Å²) in [6, 6.07) is 8.19. The number of aryl methyl sites for hydroxylation is 1. The normalized spacial score (nSPS) is 22.2. The van der Waals surface area contributed by atoms with Gasteiger partial charge in [0.25, 0.3) is 0 Å². The Kier molecular flexibility index (Phi) is 5.55. The van der Waals surface area contributed by atoms with E-state index in [-0.39, 0.29) is 12.0 Å². The number of fused-ring (bicyclic) bond motifs is 1. The van der Waals surface area contributed by atoms with E-state index >= 15 is 0 Å². The van der Waals surface area contributed by atoms with Gasteiger partial charge in [0.1, 0.15) is 11.9 Å². The molecule has 0 aliphatic carbocycles. The van der Waals surface area contributed by atoms with Crippen LogP contribution in [-0.4, -0.2) is 43.1 Å². The Labute approximate surface area is 139 Å². The molecule has 0 bridgehead atoms. The predicted octanol–water partition coefficient (Wildman–Crippen LogP) is 2.62. The maximum atomic E-state index is 12.2. The number of piperidine rings is 1. The molecule has 2 aliphatic heterocycles. The first-order chi connectivity index (χ1) is 11.2. The fourth-order valence-electron chi connectivity index (χ4n) is 3.59. The van der Waals surface area contributed by atoms with Gasteiger partial charge in [0, 0.05) is 6.42 Å². The highest BCUT2D eigenvalue weighted by molar-refractivity contribution is 5.76. The Morgan fingerprint density at radius 3 is 2.83 bits per heavy atom. The third-order valence-corrected chi connectivity index (χ3v) is 5.16. The van der Waals surface area contributed by atoms with Gasteiger partial charge >= 0.3 is 0 Å². The van der Waals surface area contributed by atoms with Gasteiger partial charge in [0.05, 0.1) is 6.54 Å². The van der Waals surface area contributed by atoms with Crippen LogP contribution in [0.2, 0.25) is 0 Å². The maximum absolute atomic E-state index is 12.2. The van der Waals surface area contributed by atoms with Gasteiger partial charge in [-0.3, -0.25) is 4.79 Å². The molecule has 23 heavy (non-hydrogen) atoms. The Morgan fingerprint density at radius 2 is 2.04 bits per heavy atom. The fourth-order valence-corrected chi connectivity index (χ4v) is 3.59. The van der Waals surface area contributed by atoms with E-state index < -0.39 is 0 Å². The van der Waals surface area contributed by atoms with Crippen molar-refractivity contribution in [1.82, 2.24) is 10.2 Å². The molecule has 3 rings (SSSR count). The number of amides is 1. The Hall–Kier alpha value is -1.55. The quantitative estimate of drug-likeness (QED) is 0.908. The molecule has 0 aromatic heterocycles. The molecule has 126 valence electrons. The van der Waals surface area contributed by atoms with E-state index in [2.05, 4.69) is 23.2 Å². The molecule has 0 saturated carbocycles. The van der Waals surface area contributed by atoms with E-state index in [1.54, 1.807) is 0 Å². The number of nitrogens with zero attached hydrogens (tertiary/aromatic N) is 1. The fraction of sp³-hybridized carbons (Fsp3) is 0.632. The zero-order chi connectivity index (χ0) is 16.1. The molecule has 2 aliphatic rings. The van der Waals surface area contributed by atoms with Crippen molar-refractivity contribution in [3.05, 3.63) is 29.8 Å². The molecule has 1 saturated heterocycles. The number of rotatable bonds is 5. The summed E-state index contributed by atoms with van der Waals surface area (Å²) in [5.41, 5.74) is 1.28. The van der Waals surface area contributed by atoms with Crippen LogP contribution in [0.25, 0.3) is 0 Å². The van der Waals surface area contributed by atoms with Crippen molar-refractivity contribution >= 4 is 5.91 Å². The van der Waals surface area contributed by atoms with Crippen LogP contribution in [0.15, 0.2) is 24.3 Å². The smallest absolute Gasteiger partial charge is 0.220 e. The van der Waals surface area contributed by atoms with Crippen molar-refractivity contribution in [2.24, 2.45) is 5.92 Å². The molecule has 4 heteroatoms. The van der Waals surface area contributed by atoms with Gasteiger partial charge in [-0.2, -0.15) is 0 Å². The summed E-state index contributed by atoms with van der Waals surface area (Å²) >= 11 is 0. The lowest BCUT2D eigenvalue weighted by molar-refractivity contribution is -0.122. The van der Waals surface area contributed by atoms with Gasteiger partial charge in [-0.05, 0) is 62.9 Å². The van der Waals surface area contributed by atoms with Crippen LogP contribution in [0.1, 0.15) is 38.2 Å². The first-order valence-electron chi connectivity index (χ1n) is 8.98. The molecular weight excluding hydrogens is 288 g/mol. The summed E-state index contributed by atoms with van der Waals surface area (Å²) in [4.78, 5) is 14.6. The average molecular weight is 316 g/mol. The van der Waals surface area contributed by atoms with Crippen LogP contribution in [-0.2, 0) is 11.2 Å². The summed E-state index contributed by atoms with van der Waals surface area (Å²) in [6.07, 6.45) is 5.08. The highest BCUT2D eigenvalue weighted by Gasteiger charge is 2.22. The topological polar surface area (TPSA) is 41.6 Å². The van der Waals surface area contributed by atoms with Crippen LogP contribution in [0.5, 0.6) is 5.75 Å². The van der Waals surface area contributed by atoms with Crippen molar-refractivity contribution < 1.29 is 9.53 Å². The number of carbonyl (C=O) groups excluding carboxylic acids is 1. The molecule has 0 radical (unpaired) electrons. The van der Waals surface area contributed by atoms with Crippen molar-refractivity contribution in [2.75, 3.05) is 26.2 Å². The molecule has 1 amide bonds. The van der Waals surface area contributed by atoms with Crippen molar-refractivity contribution in [1.29, 1.82) is 0 Å². The highest BCUT2D eigenvalue weighted by Crippen LogP contribution is 2.26. The number of benzene rings is 1. The SMILES string of the molecule is CCN1CCC(CC(=O)NC[C@H]2CCc3ccccc3O2)CC1. The average Bonchev–Trinajstić information content (AvgIpc) is 2.60. The minimum Gasteiger partial charge on any atom is -0.488 e. The molecule has 2 heterocycles. The minimum atomic E-state index is 0.107. The van der Waals surface area contributed by atoms with Crippen LogP contribution in [0.3, 0.4) is 0 Å². The predicted molar refractivity (Wildman–Crippen MR) is 91.6 cm³/mol. The number of hydrogen-bond donors (Lipinski definition) is 1. The van der Waals surface area contributed by atoms with Crippen LogP contribution in [0.4, 0.5) is 0 Å². The summed E-state index contributed by atoms with van der Waals surface area (Å²) in [5, 5.41) is 3.08. The van der Waals surface area contributed by atoms with Gasteiger partial charge in [-0.25, -0.2) is 0 Å². The van der Waals surface area contributed by atoms with Crippen molar-refractivity contribution in [3.8, 4) is 5.75 Å². The number of ether oxygens (including phenoxy) is 1. The number of hydrogen-bond acceptors (Lipinski definition) is 3. The lowest BCUT2D eigenvalue weighted by Crippen LogP contribution is -2.39. The standard InChI is InChI=1S/C19H28N2O2/c1-2-21-11-9-15(10-12-21)13-19(22)20-14-17-8-7-16-5-3-4-6-18(16)23-17/h3-6,15,17H,2,7-14H2,1H3,(H,20,22)/t17-/m1/s1. The van der Waals surface area contributed by atoms with E-state index in [1.807, 2.05) is 18.2 Å². The molecule has 1 aromatic rings. The van der Waals surface area contributed by atoms with E-state index in [1.165, 1.54) is 5.56 Å². The third kappa shape index (κ3) is 4.47. The third-order valence-electron chi connectivity index (χ3n) is 5.16. The zero-order valence-corrected chi connectivity index (χ0v) is 14.1. The Morgan fingerprint density at radius 1 is 1.26 bits per heavy atom. The second-order valence-corrected chi connectivity index (χ2v) is 6.77. The van der Waals surface area contributed by atoms with Gasteiger partial charge in [-0.1, -0.05) is 25.1 Å². The van der Waals surface area contributed by atoms with E-state index in [9.17, 15) is 4.79 Å².